The minimum absolute atomic E-state index is 0.189. The van der Waals surface area contributed by atoms with Crippen molar-refractivity contribution in [2.45, 2.75) is 25.4 Å². The molecule has 0 bridgehead atoms. The second-order valence-electron chi connectivity index (χ2n) is 6.21. The molecule has 9 heteroatoms. The zero-order valence-corrected chi connectivity index (χ0v) is 14.7. The SMILES string of the molecule is CC(NC(=O)C(Cc1ccccc1)n1cnnn1)c1nnc2ccccn12. The molecule has 0 saturated heterocycles. The second kappa shape index (κ2) is 7.32. The summed E-state index contributed by atoms with van der Waals surface area (Å²) in [4.78, 5) is 13.0. The Morgan fingerprint density at radius 3 is 2.70 bits per heavy atom. The first-order valence-electron chi connectivity index (χ1n) is 8.59. The molecule has 4 rings (SSSR count). The molecule has 1 amide bonds. The van der Waals surface area contributed by atoms with E-state index in [1.807, 2.05) is 66.1 Å². The lowest BCUT2D eigenvalue weighted by atomic mass is 10.1. The number of amides is 1. The molecule has 2 atom stereocenters. The van der Waals surface area contributed by atoms with E-state index in [0.29, 0.717) is 12.2 Å². The van der Waals surface area contributed by atoms with E-state index in [9.17, 15) is 4.79 Å². The highest BCUT2D eigenvalue weighted by molar-refractivity contribution is 5.80. The first-order chi connectivity index (χ1) is 13.2. The Hall–Kier alpha value is -3.62. The van der Waals surface area contributed by atoms with Gasteiger partial charge in [-0.25, -0.2) is 4.68 Å². The first kappa shape index (κ1) is 16.8. The van der Waals surface area contributed by atoms with E-state index in [2.05, 4.69) is 31.0 Å². The van der Waals surface area contributed by atoms with Crippen LogP contribution in [0.25, 0.3) is 5.65 Å². The third-order valence-electron chi connectivity index (χ3n) is 4.34. The maximum atomic E-state index is 13.0. The molecule has 0 aliphatic heterocycles. The van der Waals surface area contributed by atoms with Gasteiger partial charge >= 0.3 is 0 Å². The van der Waals surface area contributed by atoms with Gasteiger partial charge in [-0.15, -0.1) is 15.3 Å². The van der Waals surface area contributed by atoms with Crippen LogP contribution in [0.3, 0.4) is 0 Å². The molecule has 0 radical (unpaired) electrons. The molecule has 9 nitrogen and oxygen atoms in total. The van der Waals surface area contributed by atoms with E-state index in [4.69, 9.17) is 0 Å². The summed E-state index contributed by atoms with van der Waals surface area (Å²) in [5.74, 6) is 0.473. The highest BCUT2D eigenvalue weighted by atomic mass is 16.2. The van der Waals surface area contributed by atoms with Crippen molar-refractivity contribution in [1.29, 1.82) is 0 Å². The van der Waals surface area contributed by atoms with E-state index in [1.165, 1.54) is 11.0 Å². The summed E-state index contributed by atoms with van der Waals surface area (Å²) >= 11 is 0. The van der Waals surface area contributed by atoms with Gasteiger partial charge in [0.25, 0.3) is 0 Å². The van der Waals surface area contributed by atoms with Crippen LogP contribution in [-0.4, -0.2) is 40.7 Å². The highest BCUT2D eigenvalue weighted by Gasteiger charge is 2.25. The number of nitrogens with one attached hydrogen (secondary N) is 1. The van der Waals surface area contributed by atoms with Crippen LogP contribution in [0, 0.1) is 0 Å². The molecule has 0 aliphatic carbocycles. The summed E-state index contributed by atoms with van der Waals surface area (Å²) in [7, 11) is 0. The Morgan fingerprint density at radius 1 is 1.11 bits per heavy atom. The van der Waals surface area contributed by atoms with Gasteiger partial charge in [0.2, 0.25) is 5.91 Å². The van der Waals surface area contributed by atoms with Crippen LogP contribution in [0.1, 0.15) is 30.4 Å². The van der Waals surface area contributed by atoms with E-state index in [1.54, 1.807) is 0 Å². The monoisotopic (exact) mass is 362 g/mol. The minimum atomic E-state index is -0.566. The van der Waals surface area contributed by atoms with Crippen LogP contribution in [0.4, 0.5) is 0 Å². The third kappa shape index (κ3) is 3.52. The predicted molar refractivity (Wildman–Crippen MR) is 96.5 cm³/mol. The molecule has 0 spiro atoms. The fraction of sp³-hybridized carbons (Fsp3) is 0.222. The third-order valence-corrected chi connectivity index (χ3v) is 4.34. The average Bonchev–Trinajstić information content (AvgIpc) is 3.36. The summed E-state index contributed by atoms with van der Waals surface area (Å²) in [6.07, 6.45) is 3.80. The van der Waals surface area contributed by atoms with Gasteiger partial charge in [0, 0.05) is 12.6 Å². The molecule has 0 saturated carbocycles. The standard InChI is InChI=1S/C18H18N8O/c1-13(17-22-21-16-9-5-6-10-25(16)17)20-18(27)15(26-12-19-23-24-26)11-14-7-3-2-4-8-14/h2-10,12-13,15H,11H2,1H3,(H,20,27). The van der Waals surface area contributed by atoms with Crippen LogP contribution in [-0.2, 0) is 11.2 Å². The van der Waals surface area contributed by atoms with Crippen molar-refractivity contribution < 1.29 is 4.79 Å². The van der Waals surface area contributed by atoms with Gasteiger partial charge in [-0.1, -0.05) is 36.4 Å². The number of aromatic nitrogens is 7. The fourth-order valence-electron chi connectivity index (χ4n) is 2.98. The molecule has 3 heterocycles. The number of rotatable bonds is 6. The van der Waals surface area contributed by atoms with E-state index in [0.717, 1.165) is 11.2 Å². The number of carbonyl (C=O) groups excluding carboxylic acids is 1. The Labute approximate surface area is 155 Å². The molecular weight excluding hydrogens is 344 g/mol. The summed E-state index contributed by atoms with van der Waals surface area (Å²) in [5.41, 5.74) is 1.75. The zero-order valence-electron chi connectivity index (χ0n) is 14.7. The van der Waals surface area contributed by atoms with Crippen molar-refractivity contribution in [3.8, 4) is 0 Å². The van der Waals surface area contributed by atoms with Gasteiger partial charge in [-0.3, -0.25) is 9.20 Å². The van der Waals surface area contributed by atoms with Gasteiger partial charge in [0.15, 0.2) is 11.5 Å². The number of hydrogen-bond donors (Lipinski definition) is 1. The topological polar surface area (TPSA) is 103 Å². The smallest absolute Gasteiger partial charge is 0.245 e. The molecule has 27 heavy (non-hydrogen) atoms. The average molecular weight is 362 g/mol. The van der Waals surface area contributed by atoms with Crippen LogP contribution >= 0.6 is 0 Å². The number of benzene rings is 1. The zero-order chi connectivity index (χ0) is 18.6. The number of tetrazole rings is 1. The van der Waals surface area contributed by atoms with Gasteiger partial charge in [0.05, 0.1) is 6.04 Å². The lowest BCUT2D eigenvalue weighted by molar-refractivity contribution is -0.125. The normalized spacial score (nSPS) is 13.4. The van der Waals surface area contributed by atoms with Crippen LogP contribution in [0.15, 0.2) is 61.1 Å². The van der Waals surface area contributed by atoms with Crippen LogP contribution in [0.5, 0.6) is 0 Å². The Morgan fingerprint density at radius 2 is 1.93 bits per heavy atom. The van der Waals surface area contributed by atoms with Gasteiger partial charge in [-0.05, 0) is 35.0 Å². The van der Waals surface area contributed by atoms with Crippen LogP contribution in [0.2, 0.25) is 0 Å². The second-order valence-corrected chi connectivity index (χ2v) is 6.21. The van der Waals surface area contributed by atoms with Crippen molar-refractivity contribution in [1.82, 2.24) is 40.1 Å². The summed E-state index contributed by atoms with van der Waals surface area (Å²) in [6.45, 7) is 1.88. The number of pyridine rings is 1. The van der Waals surface area contributed by atoms with Crippen molar-refractivity contribution >= 4 is 11.6 Å². The number of nitrogens with zero attached hydrogens (tertiary/aromatic N) is 7. The van der Waals surface area contributed by atoms with E-state index < -0.39 is 6.04 Å². The van der Waals surface area contributed by atoms with Gasteiger partial charge in [0.1, 0.15) is 12.4 Å². The molecule has 0 aliphatic rings. The van der Waals surface area contributed by atoms with Gasteiger partial charge in [-0.2, -0.15) is 0 Å². The lowest BCUT2D eigenvalue weighted by Gasteiger charge is -2.19. The Balaban J connectivity index is 1.56. The van der Waals surface area contributed by atoms with E-state index >= 15 is 0 Å². The fourth-order valence-corrected chi connectivity index (χ4v) is 2.98. The van der Waals surface area contributed by atoms with Crippen molar-refractivity contribution in [2.24, 2.45) is 0 Å². The molecule has 136 valence electrons. The summed E-state index contributed by atoms with van der Waals surface area (Å²) < 4.78 is 3.32. The highest BCUT2D eigenvalue weighted by Crippen LogP contribution is 2.17. The van der Waals surface area contributed by atoms with Crippen molar-refractivity contribution in [3.05, 3.63) is 72.4 Å². The number of hydrogen-bond acceptors (Lipinski definition) is 6. The molecule has 0 fully saturated rings. The quantitative estimate of drug-likeness (QED) is 0.556. The van der Waals surface area contributed by atoms with Gasteiger partial charge < -0.3 is 5.32 Å². The molecule has 2 unspecified atom stereocenters. The molecule has 4 aromatic rings. The molecule has 1 aromatic carbocycles. The van der Waals surface area contributed by atoms with Crippen LogP contribution < -0.4 is 5.32 Å². The first-order valence-corrected chi connectivity index (χ1v) is 8.59. The largest absolute Gasteiger partial charge is 0.344 e. The Kier molecular flexibility index (Phi) is 4.56. The molecule has 3 aromatic heterocycles. The number of fused-ring (bicyclic) bond motifs is 1. The molecular formula is C18H18N8O. The number of carbonyl (C=O) groups is 1. The van der Waals surface area contributed by atoms with Crippen molar-refractivity contribution in [2.75, 3.05) is 0 Å². The van der Waals surface area contributed by atoms with Crippen molar-refractivity contribution in [3.63, 3.8) is 0 Å². The minimum Gasteiger partial charge on any atom is -0.344 e. The lowest BCUT2D eigenvalue weighted by Crippen LogP contribution is -2.36. The maximum Gasteiger partial charge on any atom is 0.245 e. The molecule has 1 N–H and O–H groups in total. The predicted octanol–water partition coefficient (Wildman–Crippen LogP) is 1.38. The summed E-state index contributed by atoms with van der Waals surface area (Å²) in [6, 6.07) is 14.5. The summed E-state index contributed by atoms with van der Waals surface area (Å²) in [5, 5.41) is 22.6. The maximum absolute atomic E-state index is 13.0. The van der Waals surface area contributed by atoms with E-state index in [-0.39, 0.29) is 11.9 Å². The Bertz CT molecular complexity index is 1030.